The Hall–Kier alpha value is -1.97. The molecule has 4 aromatic carbocycles. The van der Waals surface area contributed by atoms with Crippen LogP contribution in [0.15, 0.2) is 71.8 Å². The fraction of sp³-hybridized carbons (Fsp3) is 0.391. The molecule has 50 heavy (non-hydrogen) atoms. The summed E-state index contributed by atoms with van der Waals surface area (Å²) in [6.45, 7) is 32.6. The maximum absolute atomic E-state index is 8.92. The van der Waals surface area contributed by atoms with E-state index in [9.17, 15) is 0 Å². The second kappa shape index (κ2) is 12.6. The number of aryl methyl sites for hydroxylation is 2. The van der Waals surface area contributed by atoms with E-state index in [0.717, 1.165) is 0 Å². The van der Waals surface area contributed by atoms with Crippen molar-refractivity contribution in [2.45, 2.75) is 104 Å². The Balaban J connectivity index is 1.68. The van der Waals surface area contributed by atoms with Gasteiger partial charge in [0.1, 0.15) is 0 Å². The Bertz CT molecular complexity index is 1970. The molecule has 263 valence electrons. The summed E-state index contributed by atoms with van der Waals surface area (Å²) in [6, 6.07) is 23.1. The van der Waals surface area contributed by atoms with Crippen LogP contribution in [0.25, 0.3) is 34.4 Å². The molecule has 0 heterocycles. The van der Waals surface area contributed by atoms with Crippen molar-refractivity contribution < 1.29 is 15.3 Å². The molecule has 2 unspecified atom stereocenters. The van der Waals surface area contributed by atoms with Gasteiger partial charge in [0, 0.05) is 0 Å². The predicted octanol–water partition coefficient (Wildman–Crippen LogP) is 14.5. The third kappa shape index (κ3) is 5.69. The average Bonchev–Trinajstić information content (AvgIpc) is 3.65. The van der Waals surface area contributed by atoms with Gasteiger partial charge in [0.05, 0.1) is 0 Å². The van der Waals surface area contributed by atoms with Crippen molar-refractivity contribution in [3.8, 4) is 22.3 Å². The maximum atomic E-state index is 8.92. The third-order valence-electron chi connectivity index (χ3n) is 12.8. The van der Waals surface area contributed by atoms with Gasteiger partial charge in [-0.1, -0.05) is 0 Å². The van der Waals surface area contributed by atoms with E-state index in [0.29, 0.717) is 0 Å². The number of rotatable bonds is 5. The van der Waals surface area contributed by atoms with Crippen molar-refractivity contribution in [2.75, 3.05) is 0 Å². The standard InChI is InChI=1S/2C22H25.C2H7Si.2ClH.Hf/c2*1-14-10-11-19(16(3)15(14)2)20-9-7-8-17-12-18(13-21(17)20)22(4,5)6;1-3-2;;;/h2*7-13H,1-6H3;3H,1-2H3;2*1H;/q;;;;;+2/p-2. The van der Waals surface area contributed by atoms with Crippen molar-refractivity contribution in [2.24, 2.45) is 10.8 Å². The van der Waals surface area contributed by atoms with Crippen molar-refractivity contribution in [1.82, 2.24) is 0 Å². The zero-order chi connectivity index (χ0) is 36.9. The van der Waals surface area contributed by atoms with Crippen LogP contribution < -0.4 is 0 Å². The van der Waals surface area contributed by atoms with E-state index in [-0.39, 0.29) is 18.2 Å². The average molecular weight is 887 g/mol. The van der Waals surface area contributed by atoms with E-state index < -0.39 is 21.3 Å². The second-order valence-corrected chi connectivity index (χ2v) is 77.2. The van der Waals surface area contributed by atoms with E-state index in [1.807, 2.05) is 0 Å². The summed E-state index contributed by atoms with van der Waals surface area (Å²) in [5, 5.41) is 0. The predicted molar refractivity (Wildman–Crippen MR) is 223 cm³/mol. The zero-order valence-electron chi connectivity index (χ0n) is 32.9. The van der Waals surface area contributed by atoms with E-state index in [1.165, 1.54) is 89.0 Å². The van der Waals surface area contributed by atoms with E-state index >= 15 is 0 Å². The minimum absolute atomic E-state index is 0.0394. The van der Waals surface area contributed by atoms with Crippen LogP contribution in [0, 0.1) is 52.4 Å². The molecule has 2 aliphatic carbocycles. The molecule has 0 radical (unpaired) electrons. The Morgan fingerprint density at radius 2 is 0.860 bits per heavy atom. The first-order valence-corrected chi connectivity index (χ1v) is 40.7. The summed E-state index contributed by atoms with van der Waals surface area (Å²) in [7, 11) is 17.8. The first-order valence-electron chi connectivity index (χ1n) is 18.5. The van der Waals surface area contributed by atoms with Crippen LogP contribution in [-0.2, 0) is 15.3 Å². The van der Waals surface area contributed by atoms with E-state index in [2.05, 4.69) is 169 Å². The van der Waals surface area contributed by atoms with Crippen LogP contribution in [0.2, 0.25) is 13.1 Å². The van der Waals surface area contributed by atoms with E-state index in [4.69, 9.17) is 17.2 Å². The first kappa shape index (κ1) is 37.8. The molecule has 4 heteroatoms. The van der Waals surface area contributed by atoms with Crippen molar-refractivity contribution in [1.29, 1.82) is 0 Å². The number of fused-ring (bicyclic) bond motifs is 2. The summed E-state index contributed by atoms with van der Waals surface area (Å²) in [6.07, 6.45) is 5.04. The number of allylic oxidation sites excluding steroid dienone is 2. The summed E-state index contributed by atoms with van der Waals surface area (Å²) in [5.74, 6) is -1.72. The van der Waals surface area contributed by atoms with Gasteiger partial charge in [0.15, 0.2) is 0 Å². The van der Waals surface area contributed by atoms with Crippen molar-refractivity contribution in [3.63, 3.8) is 0 Å². The van der Waals surface area contributed by atoms with Gasteiger partial charge < -0.3 is 0 Å². The second-order valence-electron chi connectivity index (χ2n) is 17.9. The molecule has 0 amide bonds. The molecular weight excluding hydrogens is 830 g/mol. The van der Waals surface area contributed by atoms with Crippen LogP contribution in [0.1, 0.15) is 105 Å². The summed E-state index contributed by atoms with van der Waals surface area (Å²) < 4.78 is 0.0787. The van der Waals surface area contributed by atoms with Gasteiger partial charge in [0.25, 0.3) is 0 Å². The SMILES string of the molecule is Cc1ccc(-c2cccc3c2C=C(C(C)(C)C)[CH]3[Hf]([Cl])([Cl])([CH]2C(C(C)(C)C)=Cc3c(-c4ccc(C)c(C)c4C)cccc32)[SiH](C)C)c(C)c1C. The van der Waals surface area contributed by atoms with Crippen LogP contribution in [0.5, 0.6) is 0 Å². The van der Waals surface area contributed by atoms with Gasteiger partial charge in [-0.15, -0.1) is 0 Å². The van der Waals surface area contributed by atoms with Crippen LogP contribution in [0.4, 0.5) is 0 Å². The Morgan fingerprint density at radius 3 is 1.18 bits per heavy atom. The number of hydrogen-bond donors (Lipinski definition) is 0. The molecule has 2 aliphatic rings. The molecule has 0 bridgehead atoms. The molecule has 2 atom stereocenters. The fourth-order valence-corrected chi connectivity index (χ4v) is 53.6. The van der Waals surface area contributed by atoms with Gasteiger partial charge in [0.2, 0.25) is 0 Å². The van der Waals surface area contributed by atoms with Crippen LogP contribution in [0.3, 0.4) is 0 Å². The zero-order valence-corrected chi connectivity index (χ0v) is 39.2. The van der Waals surface area contributed by atoms with Gasteiger partial charge >= 0.3 is 315 Å². The molecule has 4 aromatic rings. The van der Waals surface area contributed by atoms with Crippen molar-refractivity contribution >= 4 is 35.3 Å². The normalized spacial score (nSPS) is 18.5. The van der Waals surface area contributed by atoms with Crippen molar-refractivity contribution in [3.05, 3.63) is 127 Å². The molecule has 0 aliphatic heterocycles. The molecule has 6 rings (SSSR count). The van der Waals surface area contributed by atoms with Gasteiger partial charge in [-0.05, 0) is 0 Å². The first-order chi connectivity index (χ1) is 23.1. The third-order valence-corrected chi connectivity index (χ3v) is 85.2. The fourth-order valence-electron chi connectivity index (χ4n) is 9.09. The van der Waals surface area contributed by atoms with E-state index in [1.54, 1.807) is 0 Å². The molecule has 0 spiro atoms. The number of benzene rings is 4. The molecular formula is C46H57Cl2HfSi. The molecule has 0 nitrogen and oxygen atoms in total. The summed E-state index contributed by atoms with van der Waals surface area (Å²) >= 11 is -5.20. The van der Waals surface area contributed by atoms with Gasteiger partial charge in [-0.3, -0.25) is 0 Å². The molecule has 0 saturated carbocycles. The number of hydrogen-bond acceptors (Lipinski definition) is 0. The Kier molecular flexibility index (Phi) is 9.50. The molecule has 0 N–H and O–H groups in total. The minimum atomic E-state index is -5.20. The molecule has 0 saturated heterocycles. The summed E-state index contributed by atoms with van der Waals surface area (Å²) in [5.41, 5.74) is 21.3. The topological polar surface area (TPSA) is 0 Å². The Labute approximate surface area is 312 Å². The molecule has 0 fully saturated rings. The monoisotopic (exact) mass is 887 g/mol. The van der Waals surface area contributed by atoms with Gasteiger partial charge in [-0.25, -0.2) is 0 Å². The van der Waals surface area contributed by atoms with Crippen LogP contribution in [-0.4, -0.2) is 5.98 Å². The number of halogens is 2. The molecule has 0 aromatic heterocycles. The van der Waals surface area contributed by atoms with Gasteiger partial charge in [-0.2, -0.15) is 0 Å². The Morgan fingerprint density at radius 1 is 0.500 bits per heavy atom. The quantitative estimate of drug-likeness (QED) is 0.175. The summed E-state index contributed by atoms with van der Waals surface area (Å²) in [4.78, 5) is 0. The van der Waals surface area contributed by atoms with Crippen LogP contribution >= 0.6 is 17.2 Å².